The Hall–Kier alpha value is -2.31. The molecule has 1 amide bonds. The third-order valence-electron chi connectivity index (χ3n) is 4.10. The largest absolute Gasteiger partial charge is 0.454 e. The summed E-state index contributed by atoms with van der Waals surface area (Å²) < 4.78 is 23.7. The van der Waals surface area contributed by atoms with Crippen molar-refractivity contribution < 1.29 is 18.7 Å². The number of halogens is 2. The van der Waals surface area contributed by atoms with Gasteiger partial charge in [0, 0.05) is 6.54 Å². The lowest BCUT2D eigenvalue weighted by Gasteiger charge is -2.24. The van der Waals surface area contributed by atoms with Gasteiger partial charge in [-0.1, -0.05) is 17.7 Å². The van der Waals surface area contributed by atoms with Crippen LogP contribution in [-0.2, 0) is 11.3 Å². The van der Waals surface area contributed by atoms with Crippen LogP contribution in [0.1, 0.15) is 12.5 Å². The molecule has 0 radical (unpaired) electrons. The van der Waals surface area contributed by atoms with Crippen LogP contribution >= 0.6 is 11.6 Å². The number of carbonyl (C=O) groups excluding carboxylic acids is 1. The Bertz CT molecular complexity index is 800. The Morgan fingerprint density at radius 2 is 2.04 bits per heavy atom. The molecule has 0 aliphatic carbocycles. The number of benzene rings is 2. The second-order valence-electron chi connectivity index (χ2n) is 5.89. The number of likely N-dealkylation sites (N-methyl/N-ethyl adjacent to an activating group) is 1. The molecule has 2 aromatic rings. The van der Waals surface area contributed by atoms with Crippen molar-refractivity contribution in [3.8, 4) is 11.5 Å². The monoisotopic (exact) mass is 364 g/mol. The van der Waals surface area contributed by atoms with E-state index in [2.05, 4.69) is 5.32 Å². The van der Waals surface area contributed by atoms with E-state index in [4.69, 9.17) is 21.1 Å². The third kappa shape index (κ3) is 4.03. The highest BCUT2D eigenvalue weighted by Crippen LogP contribution is 2.32. The van der Waals surface area contributed by atoms with Gasteiger partial charge in [-0.15, -0.1) is 0 Å². The lowest BCUT2D eigenvalue weighted by Crippen LogP contribution is -2.39. The number of hydrogen-bond donors (Lipinski definition) is 1. The van der Waals surface area contributed by atoms with Crippen LogP contribution in [0.2, 0.25) is 5.02 Å². The Balaban J connectivity index is 1.63. The van der Waals surface area contributed by atoms with Gasteiger partial charge in [0.05, 0.1) is 16.8 Å². The molecule has 0 saturated heterocycles. The number of fused-ring (bicyclic) bond motifs is 1. The molecule has 0 saturated carbocycles. The van der Waals surface area contributed by atoms with Crippen molar-refractivity contribution in [3.05, 3.63) is 52.8 Å². The van der Waals surface area contributed by atoms with E-state index in [-0.39, 0.29) is 17.7 Å². The molecule has 3 rings (SSSR count). The van der Waals surface area contributed by atoms with Gasteiger partial charge in [0.1, 0.15) is 5.82 Å². The number of anilines is 1. The van der Waals surface area contributed by atoms with E-state index in [1.165, 1.54) is 12.1 Å². The maximum Gasteiger partial charge on any atom is 0.241 e. The molecule has 132 valence electrons. The zero-order chi connectivity index (χ0) is 18.0. The molecule has 0 spiro atoms. The van der Waals surface area contributed by atoms with Crippen LogP contribution in [0.25, 0.3) is 0 Å². The van der Waals surface area contributed by atoms with Gasteiger partial charge in [0.2, 0.25) is 12.7 Å². The maximum atomic E-state index is 13.1. The number of rotatable bonds is 5. The van der Waals surface area contributed by atoms with E-state index >= 15 is 0 Å². The van der Waals surface area contributed by atoms with Crippen molar-refractivity contribution in [2.45, 2.75) is 19.5 Å². The maximum absolute atomic E-state index is 13.1. The van der Waals surface area contributed by atoms with E-state index in [0.717, 1.165) is 17.4 Å². The standard InChI is InChI=1S/C18H18ClFN2O3/c1-11(18(23)21-15-5-4-13(20)8-14(15)19)22(2)9-12-3-6-16-17(7-12)25-10-24-16/h3-8,11H,9-10H2,1-2H3,(H,21,23). The lowest BCUT2D eigenvalue weighted by molar-refractivity contribution is -0.120. The molecular formula is C18H18ClFN2O3. The smallest absolute Gasteiger partial charge is 0.241 e. The summed E-state index contributed by atoms with van der Waals surface area (Å²) in [4.78, 5) is 14.3. The molecule has 1 unspecified atom stereocenters. The molecular weight excluding hydrogens is 347 g/mol. The average Bonchev–Trinajstić information content (AvgIpc) is 3.04. The summed E-state index contributed by atoms with van der Waals surface area (Å²) in [5, 5.41) is 2.89. The van der Waals surface area contributed by atoms with Crippen LogP contribution in [0.3, 0.4) is 0 Å². The normalized spacial score (nSPS) is 13.8. The second-order valence-corrected chi connectivity index (χ2v) is 6.30. The lowest BCUT2D eigenvalue weighted by atomic mass is 10.1. The second kappa shape index (κ2) is 7.29. The van der Waals surface area contributed by atoms with Crippen LogP contribution in [-0.4, -0.2) is 30.7 Å². The van der Waals surface area contributed by atoms with Crippen molar-refractivity contribution in [3.63, 3.8) is 0 Å². The molecule has 25 heavy (non-hydrogen) atoms. The Morgan fingerprint density at radius 3 is 2.80 bits per heavy atom. The summed E-state index contributed by atoms with van der Waals surface area (Å²) in [6.45, 7) is 2.58. The predicted octanol–water partition coefficient (Wildman–Crippen LogP) is 3.67. The highest BCUT2D eigenvalue weighted by Gasteiger charge is 2.20. The minimum absolute atomic E-state index is 0.166. The van der Waals surface area contributed by atoms with E-state index in [0.29, 0.717) is 18.0 Å². The van der Waals surface area contributed by atoms with Crippen molar-refractivity contribution in [1.82, 2.24) is 4.90 Å². The van der Waals surface area contributed by atoms with Gasteiger partial charge in [0.25, 0.3) is 0 Å². The summed E-state index contributed by atoms with van der Waals surface area (Å²) >= 11 is 5.95. The molecule has 0 fully saturated rings. The van der Waals surface area contributed by atoms with Crippen molar-refractivity contribution in [2.75, 3.05) is 19.2 Å². The number of amides is 1. The van der Waals surface area contributed by atoms with Crippen LogP contribution in [0.5, 0.6) is 11.5 Å². The number of carbonyl (C=O) groups is 1. The van der Waals surface area contributed by atoms with Crippen LogP contribution in [0, 0.1) is 5.82 Å². The minimum atomic E-state index is -0.448. The van der Waals surface area contributed by atoms with Gasteiger partial charge >= 0.3 is 0 Å². The molecule has 1 aliphatic heterocycles. The highest BCUT2D eigenvalue weighted by atomic mass is 35.5. The summed E-state index contributed by atoms with van der Waals surface area (Å²) in [6.07, 6.45) is 0. The van der Waals surface area contributed by atoms with E-state index in [1.807, 2.05) is 30.1 Å². The fraction of sp³-hybridized carbons (Fsp3) is 0.278. The van der Waals surface area contributed by atoms with Gasteiger partial charge in [0.15, 0.2) is 11.5 Å². The van der Waals surface area contributed by atoms with Crippen LogP contribution in [0.4, 0.5) is 10.1 Å². The Morgan fingerprint density at radius 1 is 1.28 bits per heavy atom. The first-order valence-electron chi connectivity index (χ1n) is 7.78. The van der Waals surface area contributed by atoms with Gasteiger partial charge in [-0.2, -0.15) is 0 Å². The third-order valence-corrected chi connectivity index (χ3v) is 4.41. The Labute approximate surface area is 150 Å². The fourth-order valence-electron chi connectivity index (χ4n) is 2.49. The number of nitrogens with one attached hydrogen (secondary N) is 1. The van der Waals surface area contributed by atoms with Gasteiger partial charge < -0.3 is 14.8 Å². The van der Waals surface area contributed by atoms with Crippen molar-refractivity contribution in [1.29, 1.82) is 0 Å². The Kier molecular flexibility index (Phi) is 5.11. The number of hydrogen-bond acceptors (Lipinski definition) is 4. The first kappa shape index (κ1) is 17.5. The van der Waals surface area contributed by atoms with Crippen molar-refractivity contribution in [2.24, 2.45) is 0 Å². The zero-order valence-corrected chi connectivity index (χ0v) is 14.6. The topological polar surface area (TPSA) is 50.8 Å². The van der Waals surface area contributed by atoms with Gasteiger partial charge in [-0.05, 0) is 49.9 Å². The molecule has 0 aromatic heterocycles. The molecule has 1 N–H and O–H groups in total. The minimum Gasteiger partial charge on any atom is -0.454 e. The fourth-order valence-corrected chi connectivity index (χ4v) is 2.71. The predicted molar refractivity (Wildman–Crippen MR) is 93.5 cm³/mol. The number of nitrogens with zero attached hydrogens (tertiary/aromatic N) is 1. The van der Waals surface area contributed by atoms with Crippen LogP contribution in [0.15, 0.2) is 36.4 Å². The summed E-state index contributed by atoms with van der Waals surface area (Å²) in [6, 6.07) is 9.15. The summed E-state index contributed by atoms with van der Waals surface area (Å²) in [7, 11) is 1.85. The average molecular weight is 365 g/mol. The first-order chi connectivity index (χ1) is 11.9. The van der Waals surface area contributed by atoms with E-state index in [1.54, 1.807) is 6.92 Å². The molecule has 2 aromatic carbocycles. The molecule has 7 heteroatoms. The quantitative estimate of drug-likeness (QED) is 0.879. The van der Waals surface area contributed by atoms with Gasteiger partial charge in [-0.3, -0.25) is 9.69 Å². The van der Waals surface area contributed by atoms with Gasteiger partial charge in [-0.25, -0.2) is 4.39 Å². The molecule has 1 aliphatic rings. The number of ether oxygens (including phenoxy) is 2. The zero-order valence-electron chi connectivity index (χ0n) is 13.9. The molecule has 0 bridgehead atoms. The highest BCUT2D eigenvalue weighted by molar-refractivity contribution is 6.33. The molecule has 1 atom stereocenters. The van der Waals surface area contributed by atoms with E-state index in [9.17, 15) is 9.18 Å². The summed E-state index contributed by atoms with van der Waals surface area (Å²) in [5.41, 5.74) is 1.39. The molecule has 5 nitrogen and oxygen atoms in total. The van der Waals surface area contributed by atoms with Crippen LogP contribution < -0.4 is 14.8 Å². The van der Waals surface area contributed by atoms with Crippen molar-refractivity contribution >= 4 is 23.2 Å². The SMILES string of the molecule is CC(C(=O)Nc1ccc(F)cc1Cl)N(C)Cc1ccc2c(c1)OCO2. The summed E-state index contributed by atoms with van der Waals surface area (Å²) in [5.74, 6) is 0.761. The molecule has 1 heterocycles. The van der Waals surface area contributed by atoms with E-state index < -0.39 is 11.9 Å². The first-order valence-corrected chi connectivity index (χ1v) is 8.16.